The van der Waals surface area contributed by atoms with E-state index in [0.717, 1.165) is 12.1 Å². The molecule has 1 aromatic carbocycles. The summed E-state index contributed by atoms with van der Waals surface area (Å²) >= 11 is 0. The molecule has 0 aliphatic rings. The minimum absolute atomic E-state index is 0.192. The third-order valence-corrected chi connectivity index (χ3v) is 2.37. The Morgan fingerprint density at radius 1 is 1.42 bits per heavy atom. The predicted molar refractivity (Wildman–Crippen MR) is 65.7 cm³/mol. The SMILES string of the molecule is COCC(CO)NCC(=O)Nc1c(F)cccc1F. The van der Waals surface area contributed by atoms with Gasteiger partial charge in [0.2, 0.25) is 5.91 Å². The zero-order chi connectivity index (χ0) is 14.3. The molecule has 1 unspecified atom stereocenters. The molecule has 0 aromatic heterocycles. The van der Waals surface area contributed by atoms with E-state index in [0.29, 0.717) is 0 Å². The second kappa shape index (κ2) is 7.78. The highest BCUT2D eigenvalue weighted by Gasteiger charge is 2.13. The number of methoxy groups -OCH3 is 1. The van der Waals surface area contributed by atoms with Crippen molar-refractivity contribution in [2.24, 2.45) is 0 Å². The lowest BCUT2D eigenvalue weighted by atomic mass is 10.3. The van der Waals surface area contributed by atoms with E-state index >= 15 is 0 Å². The average molecular weight is 274 g/mol. The van der Waals surface area contributed by atoms with Crippen LogP contribution in [0, 0.1) is 11.6 Å². The van der Waals surface area contributed by atoms with Gasteiger partial charge in [0.05, 0.1) is 25.8 Å². The molecule has 0 fully saturated rings. The first-order valence-corrected chi connectivity index (χ1v) is 5.65. The van der Waals surface area contributed by atoms with Crippen LogP contribution in [0.5, 0.6) is 0 Å². The summed E-state index contributed by atoms with van der Waals surface area (Å²) < 4.78 is 31.3. The Morgan fingerprint density at radius 3 is 2.58 bits per heavy atom. The van der Waals surface area contributed by atoms with E-state index < -0.39 is 29.3 Å². The van der Waals surface area contributed by atoms with Crippen molar-refractivity contribution in [3.63, 3.8) is 0 Å². The van der Waals surface area contributed by atoms with E-state index in [4.69, 9.17) is 9.84 Å². The summed E-state index contributed by atoms with van der Waals surface area (Å²) in [5.41, 5.74) is -0.485. The Bertz CT molecular complexity index is 409. The summed E-state index contributed by atoms with van der Waals surface area (Å²) in [6, 6.07) is 2.89. The van der Waals surface area contributed by atoms with Crippen LogP contribution in [0.3, 0.4) is 0 Å². The number of carbonyl (C=O) groups excluding carboxylic acids is 1. The van der Waals surface area contributed by atoms with E-state index in [9.17, 15) is 13.6 Å². The van der Waals surface area contributed by atoms with Crippen LogP contribution < -0.4 is 10.6 Å². The van der Waals surface area contributed by atoms with Crippen molar-refractivity contribution in [1.29, 1.82) is 0 Å². The number of amides is 1. The molecule has 0 saturated heterocycles. The number of rotatable bonds is 7. The van der Waals surface area contributed by atoms with Gasteiger partial charge in [0.25, 0.3) is 0 Å². The molecular formula is C12H16F2N2O3. The first-order chi connectivity index (χ1) is 9.08. The van der Waals surface area contributed by atoms with Gasteiger partial charge in [-0.3, -0.25) is 4.79 Å². The van der Waals surface area contributed by atoms with Gasteiger partial charge in [-0.1, -0.05) is 6.07 Å². The van der Waals surface area contributed by atoms with Gasteiger partial charge in [-0.2, -0.15) is 0 Å². The summed E-state index contributed by atoms with van der Waals surface area (Å²) in [6.45, 7) is -0.185. The highest BCUT2D eigenvalue weighted by Crippen LogP contribution is 2.17. The van der Waals surface area contributed by atoms with Crippen LogP contribution in [0.4, 0.5) is 14.5 Å². The van der Waals surface area contributed by atoms with Crippen molar-refractivity contribution < 1.29 is 23.4 Å². The van der Waals surface area contributed by atoms with Crippen molar-refractivity contribution in [2.75, 3.05) is 32.2 Å². The van der Waals surface area contributed by atoms with Gasteiger partial charge in [-0.25, -0.2) is 8.78 Å². The molecule has 1 rings (SSSR count). The monoisotopic (exact) mass is 274 g/mol. The number of hydrogen-bond donors (Lipinski definition) is 3. The molecule has 1 amide bonds. The van der Waals surface area contributed by atoms with Gasteiger partial charge in [-0.15, -0.1) is 0 Å². The highest BCUT2D eigenvalue weighted by molar-refractivity contribution is 5.92. The molecule has 3 N–H and O–H groups in total. The predicted octanol–water partition coefficient (Wildman–Crippen LogP) is 0.500. The van der Waals surface area contributed by atoms with Gasteiger partial charge >= 0.3 is 0 Å². The molecule has 106 valence electrons. The summed E-state index contributed by atoms with van der Waals surface area (Å²) in [5, 5.41) is 13.8. The molecule has 7 heteroatoms. The number of anilines is 1. The molecule has 5 nitrogen and oxygen atoms in total. The maximum atomic E-state index is 13.3. The van der Waals surface area contributed by atoms with Crippen LogP contribution in [-0.2, 0) is 9.53 Å². The molecule has 0 bridgehead atoms. The average Bonchev–Trinajstić information content (AvgIpc) is 2.39. The van der Waals surface area contributed by atoms with Crippen molar-refractivity contribution in [3.8, 4) is 0 Å². The van der Waals surface area contributed by atoms with Gasteiger partial charge in [0, 0.05) is 7.11 Å². The lowest BCUT2D eigenvalue weighted by Gasteiger charge is -2.15. The molecule has 1 atom stereocenters. The maximum Gasteiger partial charge on any atom is 0.238 e. The zero-order valence-corrected chi connectivity index (χ0v) is 10.5. The second-order valence-corrected chi connectivity index (χ2v) is 3.86. The third kappa shape index (κ3) is 4.90. The van der Waals surface area contributed by atoms with Gasteiger partial charge < -0.3 is 20.5 Å². The van der Waals surface area contributed by atoms with Crippen molar-refractivity contribution >= 4 is 11.6 Å². The standard InChI is InChI=1S/C12H16F2N2O3/c1-19-7-8(6-17)15-5-11(18)16-12-9(13)3-2-4-10(12)14/h2-4,8,15,17H,5-7H2,1H3,(H,16,18). The largest absolute Gasteiger partial charge is 0.395 e. The number of aliphatic hydroxyl groups excluding tert-OH is 1. The number of para-hydroxylation sites is 1. The minimum Gasteiger partial charge on any atom is -0.395 e. The smallest absolute Gasteiger partial charge is 0.238 e. The number of nitrogens with one attached hydrogen (secondary N) is 2. The molecule has 0 saturated carbocycles. The molecule has 0 radical (unpaired) electrons. The van der Waals surface area contributed by atoms with E-state index in [-0.39, 0.29) is 19.8 Å². The normalized spacial score (nSPS) is 12.2. The van der Waals surface area contributed by atoms with E-state index in [2.05, 4.69) is 10.6 Å². The van der Waals surface area contributed by atoms with Crippen LogP contribution in [0.25, 0.3) is 0 Å². The van der Waals surface area contributed by atoms with Crippen molar-refractivity contribution in [3.05, 3.63) is 29.8 Å². The summed E-state index contributed by atoms with van der Waals surface area (Å²) in [7, 11) is 1.46. The van der Waals surface area contributed by atoms with Crippen LogP contribution in [0.1, 0.15) is 0 Å². The van der Waals surface area contributed by atoms with Crippen LogP contribution in [0.15, 0.2) is 18.2 Å². The number of benzene rings is 1. The van der Waals surface area contributed by atoms with Crippen molar-refractivity contribution in [2.45, 2.75) is 6.04 Å². The highest BCUT2D eigenvalue weighted by atomic mass is 19.1. The van der Waals surface area contributed by atoms with Crippen LogP contribution in [-0.4, -0.2) is 43.9 Å². The quantitative estimate of drug-likeness (QED) is 0.677. The Balaban J connectivity index is 2.51. The summed E-state index contributed by atoms with van der Waals surface area (Å²) in [4.78, 5) is 11.5. The molecule has 0 spiro atoms. The molecular weight excluding hydrogens is 258 g/mol. The van der Waals surface area contributed by atoms with E-state index in [1.165, 1.54) is 13.2 Å². The van der Waals surface area contributed by atoms with E-state index in [1.807, 2.05) is 0 Å². The van der Waals surface area contributed by atoms with Gasteiger partial charge in [0.15, 0.2) is 0 Å². The topological polar surface area (TPSA) is 70.6 Å². The van der Waals surface area contributed by atoms with Crippen molar-refractivity contribution in [1.82, 2.24) is 5.32 Å². The number of aliphatic hydroxyl groups is 1. The van der Waals surface area contributed by atoms with Crippen LogP contribution >= 0.6 is 0 Å². The lowest BCUT2D eigenvalue weighted by Crippen LogP contribution is -2.41. The maximum absolute atomic E-state index is 13.3. The first kappa shape index (κ1) is 15.5. The lowest BCUT2D eigenvalue weighted by molar-refractivity contribution is -0.115. The number of carbonyl (C=O) groups is 1. The Hall–Kier alpha value is -1.57. The van der Waals surface area contributed by atoms with Gasteiger partial charge in [-0.05, 0) is 12.1 Å². The third-order valence-electron chi connectivity index (χ3n) is 2.37. The fourth-order valence-corrected chi connectivity index (χ4v) is 1.42. The molecule has 0 aliphatic heterocycles. The fourth-order valence-electron chi connectivity index (χ4n) is 1.42. The Morgan fingerprint density at radius 2 is 2.05 bits per heavy atom. The Kier molecular flexibility index (Phi) is 6.34. The molecule has 0 aliphatic carbocycles. The summed E-state index contributed by atoms with van der Waals surface area (Å²) in [6.07, 6.45) is 0. The molecule has 0 heterocycles. The number of hydrogen-bond acceptors (Lipinski definition) is 4. The second-order valence-electron chi connectivity index (χ2n) is 3.86. The molecule has 19 heavy (non-hydrogen) atoms. The Labute approximate surface area is 109 Å². The fraction of sp³-hybridized carbons (Fsp3) is 0.417. The first-order valence-electron chi connectivity index (χ1n) is 5.65. The number of halogens is 2. The summed E-state index contributed by atoms with van der Waals surface area (Å²) in [5.74, 6) is -2.30. The molecule has 1 aromatic rings. The van der Waals surface area contributed by atoms with Crippen LogP contribution in [0.2, 0.25) is 0 Å². The number of ether oxygens (including phenoxy) is 1. The van der Waals surface area contributed by atoms with E-state index in [1.54, 1.807) is 0 Å². The minimum atomic E-state index is -0.844. The van der Waals surface area contributed by atoms with Gasteiger partial charge in [0.1, 0.15) is 17.3 Å². The zero-order valence-electron chi connectivity index (χ0n) is 10.5.